The normalized spacial score (nSPS) is 23.1. The van der Waals surface area contributed by atoms with E-state index in [0.717, 1.165) is 19.3 Å². The lowest BCUT2D eigenvalue weighted by Crippen LogP contribution is -2.64. The third kappa shape index (κ3) is 5.73. The molecule has 2 aromatic carbocycles. The molecule has 1 heterocycles. The lowest BCUT2D eigenvalue weighted by atomic mass is 9.87. The van der Waals surface area contributed by atoms with Gasteiger partial charge in [-0.05, 0) is 36.8 Å². The number of nitrogens with one attached hydrogen (secondary N) is 3. The molecule has 2 aliphatic rings. The second-order valence-electron chi connectivity index (χ2n) is 8.78. The van der Waals surface area contributed by atoms with E-state index in [1.54, 1.807) is 0 Å². The lowest BCUT2D eigenvalue weighted by molar-refractivity contribution is -0.127. The first kappa shape index (κ1) is 21.6. The summed E-state index contributed by atoms with van der Waals surface area (Å²) in [5.41, 5.74) is 2.51. The van der Waals surface area contributed by atoms with E-state index in [0.29, 0.717) is 25.4 Å². The summed E-state index contributed by atoms with van der Waals surface area (Å²) in [6, 6.07) is 21.2. The molecule has 3 unspecified atom stereocenters. The number of fused-ring (bicyclic) bond motifs is 1. The number of rotatable bonds is 8. The minimum atomic E-state index is -0.258. The van der Waals surface area contributed by atoms with Crippen LogP contribution in [0, 0.1) is 0 Å². The molecule has 1 aliphatic carbocycles. The highest BCUT2D eigenvalue weighted by atomic mass is 16.2. The lowest BCUT2D eigenvalue weighted by Gasteiger charge is -2.40. The van der Waals surface area contributed by atoms with Crippen LogP contribution in [0.2, 0.25) is 0 Å². The van der Waals surface area contributed by atoms with Crippen LogP contribution >= 0.6 is 0 Å². The van der Waals surface area contributed by atoms with Gasteiger partial charge in [-0.3, -0.25) is 9.59 Å². The van der Waals surface area contributed by atoms with Crippen molar-refractivity contribution in [2.24, 2.45) is 0 Å². The van der Waals surface area contributed by atoms with Crippen molar-refractivity contribution in [1.82, 2.24) is 16.0 Å². The van der Waals surface area contributed by atoms with Gasteiger partial charge in [-0.2, -0.15) is 0 Å². The Balaban J connectivity index is 1.26. The summed E-state index contributed by atoms with van der Waals surface area (Å²) >= 11 is 0. The summed E-state index contributed by atoms with van der Waals surface area (Å²) in [6.07, 6.45) is 6.30. The highest BCUT2D eigenvalue weighted by molar-refractivity contribution is 5.84. The summed E-state index contributed by atoms with van der Waals surface area (Å²) in [6.45, 7) is 0.613. The maximum absolute atomic E-state index is 12.5. The molecule has 0 radical (unpaired) electrons. The molecule has 3 atom stereocenters. The zero-order valence-corrected chi connectivity index (χ0v) is 18.1. The zero-order valence-electron chi connectivity index (χ0n) is 18.1. The average molecular weight is 420 g/mol. The molecule has 0 spiro atoms. The number of hydrogen-bond acceptors (Lipinski definition) is 3. The van der Waals surface area contributed by atoms with Crippen molar-refractivity contribution in [3.63, 3.8) is 0 Å². The molecule has 1 aliphatic heterocycles. The molecule has 2 amide bonds. The fraction of sp³-hybridized carbons (Fsp3) is 0.462. The molecular weight excluding hydrogens is 386 g/mol. The number of benzene rings is 2. The molecule has 2 fully saturated rings. The Labute approximate surface area is 185 Å². The smallest absolute Gasteiger partial charge is 0.237 e. The molecule has 1 saturated carbocycles. The van der Waals surface area contributed by atoms with Gasteiger partial charge in [0.15, 0.2) is 0 Å². The second kappa shape index (κ2) is 10.6. The van der Waals surface area contributed by atoms with Gasteiger partial charge < -0.3 is 16.0 Å². The van der Waals surface area contributed by atoms with Crippen molar-refractivity contribution >= 4 is 11.8 Å². The van der Waals surface area contributed by atoms with Gasteiger partial charge in [0.1, 0.15) is 0 Å². The van der Waals surface area contributed by atoms with E-state index in [2.05, 4.69) is 64.5 Å². The van der Waals surface area contributed by atoms with E-state index in [9.17, 15) is 9.59 Å². The summed E-state index contributed by atoms with van der Waals surface area (Å²) in [5, 5.41) is 9.70. The predicted molar refractivity (Wildman–Crippen MR) is 123 cm³/mol. The molecule has 3 N–H and O–H groups in total. The molecule has 0 aromatic heterocycles. The van der Waals surface area contributed by atoms with Gasteiger partial charge in [-0.1, -0.05) is 73.5 Å². The highest BCUT2D eigenvalue weighted by Crippen LogP contribution is 2.27. The Morgan fingerprint density at radius 3 is 2.19 bits per heavy atom. The van der Waals surface area contributed by atoms with Crippen molar-refractivity contribution in [2.75, 3.05) is 6.54 Å². The zero-order chi connectivity index (χ0) is 21.5. The van der Waals surface area contributed by atoms with E-state index < -0.39 is 0 Å². The van der Waals surface area contributed by atoms with Gasteiger partial charge in [0.25, 0.3) is 0 Å². The number of hydrogen-bond donors (Lipinski definition) is 3. The van der Waals surface area contributed by atoms with Crippen LogP contribution in [0.25, 0.3) is 0 Å². The first-order valence-electron chi connectivity index (χ1n) is 11.6. The number of piperazine rings is 1. The molecule has 2 aromatic rings. The fourth-order valence-corrected chi connectivity index (χ4v) is 4.95. The van der Waals surface area contributed by atoms with Gasteiger partial charge in [0.05, 0.1) is 6.04 Å². The maximum atomic E-state index is 12.5. The standard InChI is InChI=1S/C26H33N3O2/c30-25(16-15-24-26(31)29-23-14-8-7-13-22(23)28-24)27-18-17-21(19-9-3-1-4-10-19)20-11-5-2-6-12-20/h1-6,9-12,21-24,28H,7-8,13-18H2,(H,27,30)(H,29,31). The Kier molecular flexibility index (Phi) is 7.36. The minimum absolute atomic E-state index is 0.0141. The van der Waals surface area contributed by atoms with Gasteiger partial charge in [-0.25, -0.2) is 0 Å². The van der Waals surface area contributed by atoms with Crippen LogP contribution < -0.4 is 16.0 Å². The minimum Gasteiger partial charge on any atom is -0.356 e. The first-order valence-corrected chi connectivity index (χ1v) is 11.6. The molecule has 1 saturated heterocycles. The molecule has 164 valence electrons. The Hall–Kier alpha value is -2.66. The highest BCUT2D eigenvalue weighted by Gasteiger charge is 2.36. The summed E-state index contributed by atoms with van der Waals surface area (Å²) < 4.78 is 0. The van der Waals surface area contributed by atoms with Gasteiger partial charge in [-0.15, -0.1) is 0 Å². The van der Waals surface area contributed by atoms with Crippen LogP contribution in [-0.4, -0.2) is 36.5 Å². The molecule has 5 nitrogen and oxygen atoms in total. The Bertz CT molecular complexity index is 816. The molecule has 4 rings (SSSR count). The molecule has 5 heteroatoms. The number of amides is 2. The van der Waals surface area contributed by atoms with Gasteiger partial charge in [0.2, 0.25) is 11.8 Å². The monoisotopic (exact) mass is 419 g/mol. The van der Waals surface area contributed by atoms with E-state index in [-0.39, 0.29) is 29.8 Å². The number of carbonyl (C=O) groups is 2. The summed E-state index contributed by atoms with van der Waals surface area (Å²) in [5.74, 6) is 0.307. The first-order chi connectivity index (χ1) is 15.2. The molecule has 0 bridgehead atoms. The van der Waals surface area contributed by atoms with E-state index in [1.165, 1.54) is 24.0 Å². The average Bonchev–Trinajstić information content (AvgIpc) is 2.81. The van der Waals surface area contributed by atoms with Crippen LogP contribution in [0.15, 0.2) is 60.7 Å². The fourth-order valence-electron chi connectivity index (χ4n) is 4.95. The summed E-state index contributed by atoms with van der Waals surface area (Å²) in [4.78, 5) is 24.8. The van der Waals surface area contributed by atoms with Crippen molar-refractivity contribution < 1.29 is 9.59 Å². The van der Waals surface area contributed by atoms with Crippen molar-refractivity contribution in [1.29, 1.82) is 0 Å². The van der Waals surface area contributed by atoms with E-state index in [4.69, 9.17) is 0 Å². The van der Waals surface area contributed by atoms with Crippen LogP contribution in [-0.2, 0) is 9.59 Å². The van der Waals surface area contributed by atoms with Gasteiger partial charge in [0, 0.05) is 31.0 Å². The largest absolute Gasteiger partial charge is 0.356 e. The quantitative estimate of drug-likeness (QED) is 0.613. The topological polar surface area (TPSA) is 70.2 Å². The van der Waals surface area contributed by atoms with Crippen LogP contribution in [0.1, 0.15) is 62.0 Å². The Morgan fingerprint density at radius 2 is 1.55 bits per heavy atom. The molecule has 31 heavy (non-hydrogen) atoms. The predicted octanol–water partition coefficient (Wildman–Crippen LogP) is 3.50. The van der Waals surface area contributed by atoms with Crippen molar-refractivity contribution in [3.05, 3.63) is 71.8 Å². The van der Waals surface area contributed by atoms with Crippen LogP contribution in [0.4, 0.5) is 0 Å². The van der Waals surface area contributed by atoms with Crippen LogP contribution in [0.3, 0.4) is 0 Å². The second-order valence-corrected chi connectivity index (χ2v) is 8.78. The number of carbonyl (C=O) groups excluding carboxylic acids is 2. The van der Waals surface area contributed by atoms with Crippen molar-refractivity contribution in [3.8, 4) is 0 Å². The van der Waals surface area contributed by atoms with Crippen LogP contribution in [0.5, 0.6) is 0 Å². The third-order valence-corrected chi connectivity index (χ3v) is 6.64. The van der Waals surface area contributed by atoms with E-state index >= 15 is 0 Å². The summed E-state index contributed by atoms with van der Waals surface area (Å²) in [7, 11) is 0. The third-order valence-electron chi connectivity index (χ3n) is 6.64. The molecular formula is C26H33N3O2. The van der Waals surface area contributed by atoms with E-state index in [1.807, 2.05) is 12.1 Å². The Morgan fingerprint density at radius 1 is 0.935 bits per heavy atom. The maximum Gasteiger partial charge on any atom is 0.237 e. The van der Waals surface area contributed by atoms with Crippen molar-refractivity contribution in [2.45, 2.75) is 69.0 Å². The van der Waals surface area contributed by atoms with Gasteiger partial charge >= 0.3 is 0 Å². The SMILES string of the molecule is O=C(CCC1NC2CCCCC2NC1=O)NCCC(c1ccccc1)c1ccccc1.